The van der Waals surface area contributed by atoms with Crippen LogP contribution in [0.5, 0.6) is 0 Å². The first-order chi connectivity index (χ1) is 19.8. The smallest absolute Gasteiger partial charge is 0.101 e. The van der Waals surface area contributed by atoms with Gasteiger partial charge in [-0.2, -0.15) is 5.26 Å². The van der Waals surface area contributed by atoms with E-state index < -0.39 is 0 Å². The highest BCUT2D eigenvalue weighted by atomic mass is 15.0. The van der Waals surface area contributed by atoms with Crippen molar-refractivity contribution in [3.63, 3.8) is 0 Å². The van der Waals surface area contributed by atoms with Crippen LogP contribution in [-0.4, -0.2) is 9.13 Å². The highest BCUT2D eigenvalue weighted by Crippen LogP contribution is 2.38. The summed E-state index contributed by atoms with van der Waals surface area (Å²) in [6, 6.07) is 51.3. The molecule has 40 heavy (non-hydrogen) atoms. The SMILES string of the molecule is N#Cc1ccccc1-n1c2ccccc2c2cc(-c3ccc4c(c3)c3ccccc3n4-c3ccccc3)ccc21. The average molecular weight is 510 g/mol. The molecule has 0 fully saturated rings. The lowest BCUT2D eigenvalue weighted by molar-refractivity contribution is 1.17. The number of benzene rings is 6. The predicted molar refractivity (Wildman–Crippen MR) is 165 cm³/mol. The summed E-state index contributed by atoms with van der Waals surface area (Å²) in [5, 5.41) is 14.7. The summed E-state index contributed by atoms with van der Waals surface area (Å²) >= 11 is 0. The molecular formula is C37H23N3. The minimum absolute atomic E-state index is 0.662. The second-order valence-electron chi connectivity index (χ2n) is 10.1. The zero-order valence-electron chi connectivity index (χ0n) is 21.6. The van der Waals surface area contributed by atoms with Crippen LogP contribution in [0, 0.1) is 11.3 Å². The fourth-order valence-corrected chi connectivity index (χ4v) is 6.18. The first kappa shape index (κ1) is 22.4. The molecule has 3 nitrogen and oxygen atoms in total. The number of hydrogen-bond donors (Lipinski definition) is 0. The van der Waals surface area contributed by atoms with E-state index in [0.717, 1.165) is 22.4 Å². The number of para-hydroxylation sites is 4. The summed E-state index contributed by atoms with van der Waals surface area (Å²) < 4.78 is 4.56. The van der Waals surface area contributed by atoms with Crippen LogP contribution in [0.25, 0.3) is 66.1 Å². The summed E-state index contributed by atoms with van der Waals surface area (Å²) in [5.74, 6) is 0. The largest absolute Gasteiger partial charge is 0.309 e. The van der Waals surface area contributed by atoms with Gasteiger partial charge in [0.15, 0.2) is 0 Å². The van der Waals surface area contributed by atoms with Crippen LogP contribution < -0.4 is 0 Å². The quantitative estimate of drug-likeness (QED) is 0.233. The summed E-state index contributed by atoms with van der Waals surface area (Å²) in [4.78, 5) is 0. The summed E-state index contributed by atoms with van der Waals surface area (Å²) in [7, 11) is 0. The normalized spacial score (nSPS) is 11.5. The Hall–Kier alpha value is -5.59. The fraction of sp³-hybridized carbons (Fsp3) is 0. The van der Waals surface area contributed by atoms with E-state index in [9.17, 15) is 5.26 Å². The third kappa shape index (κ3) is 3.24. The van der Waals surface area contributed by atoms with Crippen LogP contribution >= 0.6 is 0 Å². The Balaban J connectivity index is 1.36. The van der Waals surface area contributed by atoms with Gasteiger partial charge in [-0.15, -0.1) is 0 Å². The minimum atomic E-state index is 0.662. The van der Waals surface area contributed by atoms with E-state index in [1.165, 1.54) is 43.7 Å². The van der Waals surface area contributed by atoms with Crippen molar-refractivity contribution in [3.05, 3.63) is 145 Å². The first-order valence-corrected chi connectivity index (χ1v) is 13.4. The maximum atomic E-state index is 9.83. The van der Waals surface area contributed by atoms with Crippen molar-refractivity contribution in [2.75, 3.05) is 0 Å². The van der Waals surface area contributed by atoms with E-state index in [1.54, 1.807) is 0 Å². The molecule has 0 bridgehead atoms. The van der Waals surface area contributed by atoms with Crippen LogP contribution in [0.2, 0.25) is 0 Å². The number of nitrogens with zero attached hydrogens (tertiary/aromatic N) is 3. The number of fused-ring (bicyclic) bond motifs is 6. The van der Waals surface area contributed by atoms with Crippen molar-refractivity contribution >= 4 is 43.6 Å². The monoisotopic (exact) mass is 509 g/mol. The van der Waals surface area contributed by atoms with Crippen LogP contribution in [0.15, 0.2) is 140 Å². The molecule has 0 amide bonds. The van der Waals surface area contributed by atoms with Gasteiger partial charge in [-0.05, 0) is 71.8 Å². The number of nitriles is 1. The number of aromatic nitrogens is 2. The standard InChI is InChI=1S/C37H23N3/c38-24-27-10-4-7-15-33(27)40-35-17-9-6-14-30(35)32-23-26(19-21-37(32)40)25-18-20-36-31(22-25)29-13-5-8-16-34(29)39(36)28-11-2-1-3-12-28/h1-23H. The van der Waals surface area contributed by atoms with Crippen LogP contribution in [0.1, 0.15) is 5.56 Å². The molecule has 2 aromatic heterocycles. The van der Waals surface area contributed by atoms with Gasteiger partial charge < -0.3 is 9.13 Å². The molecule has 0 saturated carbocycles. The van der Waals surface area contributed by atoms with Crippen LogP contribution in [0.4, 0.5) is 0 Å². The van der Waals surface area contributed by atoms with E-state index >= 15 is 0 Å². The van der Waals surface area contributed by atoms with Crippen molar-refractivity contribution in [1.29, 1.82) is 5.26 Å². The van der Waals surface area contributed by atoms with Gasteiger partial charge in [-0.3, -0.25) is 0 Å². The Morgan fingerprint density at radius 3 is 1.57 bits per heavy atom. The molecule has 2 heterocycles. The van der Waals surface area contributed by atoms with Crippen LogP contribution in [-0.2, 0) is 0 Å². The van der Waals surface area contributed by atoms with Crippen molar-refractivity contribution in [2.24, 2.45) is 0 Å². The van der Waals surface area contributed by atoms with Crippen molar-refractivity contribution in [1.82, 2.24) is 9.13 Å². The fourth-order valence-electron chi connectivity index (χ4n) is 6.18. The molecule has 0 aliphatic carbocycles. The lowest BCUT2D eigenvalue weighted by atomic mass is 10.0. The molecule has 8 aromatic rings. The molecule has 0 aliphatic rings. The molecule has 0 aliphatic heterocycles. The molecule has 8 rings (SSSR count). The number of rotatable bonds is 3. The average Bonchev–Trinajstić information content (AvgIpc) is 3.53. The predicted octanol–water partition coefficient (Wildman–Crippen LogP) is 9.42. The Bertz CT molecular complexity index is 2280. The molecule has 0 atom stereocenters. The van der Waals surface area contributed by atoms with Crippen molar-refractivity contribution in [2.45, 2.75) is 0 Å². The molecular weight excluding hydrogens is 486 g/mol. The van der Waals surface area contributed by atoms with Gasteiger partial charge in [0.05, 0.1) is 33.3 Å². The molecule has 6 aromatic carbocycles. The summed E-state index contributed by atoms with van der Waals surface area (Å²) in [5.41, 5.74) is 9.66. The number of hydrogen-bond acceptors (Lipinski definition) is 1. The highest BCUT2D eigenvalue weighted by Gasteiger charge is 2.16. The van der Waals surface area contributed by atoms with E-state index in [2.05, 4.69) is 130 Å². The Morgan fingerprint density at radius 1 is 0.425 bits per heavy atom. The van der Waals surface area contributed by atoms with Gasteiger partial charge >= 0.3 is 0 Å². The third-order valence-corrected chi connectivity index (χ3v) is 7.96. The third-order valence-electron chi connectivity index (χ3n) is 7.96. The summed E-state index contributed by atoms with van der Waals surface area (Å²) in [6.07, 6.45) is 0. The first-order valence-electron chi connectivity index (χ1n) is 13.4. The minimum Gasteiger partial charge on any atom is -0.309 e. The van der Waals surface area contributed by atoms with Crippen LogP contribution in [0.3, 0.4) is 0 Å². The van der Waals surface area contributed by atoms with Gasteiger partial charge in [0.2, 0.25) is 0 Å². The zero-order chi connectivity index (χ0) is 26.6. The van der Waals surface area contributed by atoms with Gasteiger partial charge in [0.1, 0.15) is 6.07 Å². The molecule has 0 N–H and O–H groups in total. The Morgan fingerprint density at radius 2 is 0.925 bits per heavy atom. The molecule has 0 unspecified atom stereocenters. The van der Waals surface area contributed by atoms with E-state index in [1.807, 2.05) is 24.3 Å². The van der Waals surface area contributed by atoms with Crippen molar-refractivity contribution in [3.8, 4) is 28.6 Å². The highest BCUT2D eigenvalue weighted by molar-refractivity contribution is 6.12. The van der Waals surface area contributed by atoms with Gasteiger partial charge in [0, 0.05) is 27.2 Å². The maximum absolute atomic E-state index is 9.83. The molecule has 0 saturated heterocycles. The lowest BCUT2D eigenvalue weighted by Crippen LogP contribution is -1.96. The maximum Gasteiger partial charge on any atom is 0.101 e. The topological polar surface area (TPSA) is 33.6 Å². The van der Waals surface area contributed by atoms with Gasteiger partial charge in [-0.1, -0.05) is 78.9 Å². The molecule has 186 valence electrons. The van der Waals surface area contributed by atoms with E-state index in [4.69, 9.17) is 0 Å². The van der Waals surface area contributed by atoms with Gasteiger partial charge in [-0.25, -0.2) is 0 Å². The van der Waals surface area contributed by atoms with E-state index in [-0.39, 0.29) is 0 Å². The zero-order valence-corrected chi connectivity index (χ0v) is 21.6. The molecule has 3 heteroatoms. The Kier molecular flexibility index (Phi) is 4.89. The second kappa shape index (κ2) is 8.73. The van der Waals surface area contributed by atoms with Gasteiger partial charge in [0.25, 0.3) is 0 Å². The Labute approximate surface area is 231 Å². The summed E-state index contributed by atoms with van der Waals surface area (Å²) in [6.45, 7) is 0. The van der Waals surface area contributed by atoms with Crippen molar-refractivity contribution < 1.29 is 0 Å². The lowest BCUT2D eigenvalue weighted by Gasteiger charge is -2.10. The second-order valence-corrected chi connectivity index (χ2v) is 10.1. The molecule has 0 spiro atoms. The van der Waals surface area contributed by atoms with E-state index in [0.29, 0.717) is 5.56 Å². The molecule has 0 radical (unpaired) electrons.